The second kappa shape index (κ2) is 6.48. The Morgan fingerprint density at radius 3 is 2.40 bits per heavy atom. The summed E-state index contributed by atoms with van der Waals surface area (Å²) < 4.78 is 11.7. The van der Waals surface area contributed by atoms with Gasteiger partial charge in [-0.15, -0.1) is 0 Å². The molecule has 0 bridgehead atoms. The van der Waals surface area contributed by atoms with Crippen molar-refractivity contribution in [3.8, 4) is 17.2 Å². The molecule has 2 aromatic rings. The third-order valence-corrected chi connectivity index (χ3v) is 3.71. The first-order valence-electron chi connectivity index (χ1n) is 6.00. The molecule has 0 saturated carbocycles. The third kappa shape index (κ3) is 3.45. The maximum Gasteiger partial charge on any atom is 0.146 e. The smallest absolute Gasteiger partial charge is 0.146 e. The third-order valence-electron chi connectivity index (χ3n) is 2.80. The van der Waals surface area contributed by atoms with Crippen molar-refractivity contribution >= 4 is 27.5 Å². The Morgan fingerprint density at radius 1 is 1.15 bits per heavy atom. The van der Waals surface area contributed by atoms with E-state index in [-0.39, 0.29) is 0 Å². The molecule has 5 heteroatoms. The molecule has 0 aliphatic heterocycles. The van der Waals surface area contributed by atoms with Crippen molar-refractivity contribution in [3.05, 3.63) is 51.5 Å². The molecule has 0 amide bonds. The Hall–Kier alpha value is -1.23. The van der Waals surface area contributed by atoms with Gasteiger partial charge in [-0.1, -0.05) is 17.7 Å². The predicted molar refractivity (Wildman–Crippen MR) is 82.9 cm³/mol. The van der Waals surface area contributed by atoms with E-state index in [2.05, 4.69) is 15.9 Å². The number of benzene rings is 2. The number of halogens is 2. The molecule has 2 aromatic carbocycles. The summed E-state index contributed by atoms with van der Waals surface area (Å²) in [6, 6.07) is 10.6. The SMILES string of the molecule is COc1ccc(Oc2ccc(C(C)O)cc2Cl)c(Br)c1. The molecule has 1 atom stereocenters. The molecule has 0 radical (unpaired) electrons. The normalized spacial score (nSPS) is 12.1. The van der Waals surface area contributed by atoms with Crippen molar-refractivity contribution < 1.29 is 14.6 Å². The Morgan fingerprint density at radius 2 is 1.85 bits per heavy atom. The van der Waals surface area contributed by atoms with Gasteiger partial charge >= 0.3 is 0 Å². The Bertz CT molecular complexity index is 614. The lowest BCUT2D eigenvalue weighted by Crippen LogP contribution is -1.93. The van der Waals surface area contributed by atoms with E-state index >= 15 is 0 Å². The van der Waals surface area contributed by atoms with Gasteiger partial charge in [0.1, 0.15) is 17.2 Å². The van der Waals surface area contributed by atoms with Gasteiger partial charge < -0.3 is 14.6 Å². The first-order chi connectivity index (χ1) is 9.51. The first kappa shape index (κ1) is 15.2. The summed E-state index contributed by atoms with van der Waals surface area (Å²) >= 11 is 9.58. The number of hydrogen-bond acceptors (Lipinski definition) is 3. The van der Waals surface area contributed by atoms with Gasteiger partial charge in [-0.25, -0.2) is 0 Å². The van der Waals surface area contributed by atoms with Crippen molar-refractivity contribution in [2.24, 2.45) is 0 Å². The molecule has 0 fully saturated rings. The molecule has 2 rings (SSSR count). The molecule has 0 aromatic heterocycles. The number of aliphatic hydroxyl groups excluding tert-OH is 1. The molecule has 0 saturated heterocycles. The van der Waals surface area contributed by atoms with Crippen LogP contribution in [0.2, 0.25) is 5.02 Å². The molecular formula is C15H14BrClO3. The second-order valence-corrected chi connectivity index (χ2v) is 5.53. The number of aliphatic hydroxyl groups is 1. The fourth-order valence-corrected chi connectivity index (χ4v) is 2.34. The molecule has 0 aliphatic rings. The molecular weight excluding hydrogens is 344 g/mol. The van der Waals surface area contributed by atoms with Crippen molar-refractivity contribution in [1.29, 1.82) is 0 Å². The van der Waals surface area contributed by atoms with Crippen LogP contribution in [-0.2, 0) is 0 Å². The van der Waals surface area contributed by atoms with Crippen LogP contribution in [0, 0.1) is 0 Å². The number of methoxy groups -OCH3 is 1. The van der Waals surface area contributed by atoms with Gasteiger partial charge in [0.25, 0.3) is 0 Å². The van der Waals surface area contributed by atoms with Gasteiger partial charge in [0.2, 0.25) is 0 Å². The molecule has 106 valence electrons. The molecule has 3 nitrogen and oxygen atoms in total. The second-order valence-electron chi connectivity index (χ2n) is 4.26. The van der Waals surface area contributed by atoms with Gasteiger partial charge in [0.15, 0.2) is 0 Å². The minimum absolute atomic E-state index is 0.450. The zero-order chi connectivity index (χ0) is 14.7. The monoisotopic (exact) mass is 356 g/mol. The van der Waals surface area contributed by atoms with Crippen molar-refractivity contribution in [2.75, 3.05) is 7.11 Å². The summed E-state index contributed by atoms with van der Waals surface area (Å²) in [6.07, 6.45) is -0.561. The Balaban J connectivity index is 2.26. The fourth-order valence-electron chi connectivity index (χ4n) is 1.67. The maximum atomic E-state index is 9.51. The largest absolute Gasteiger partial charge is 0.497 e. The highest BCUT2D eigenvalue weighted by molar-refractivity contribution is 9.10. The summed E-state index contributed by atoms with van der Waals surface area (Å²) in [5.74, 6) is 1.90. The summed E-state index contributed by atoms with van der Waals surface area (Å²) in [5.41, 5.74) is 0.746. The number of rotatable bonds is 4. The first-order valence-corrected chi connectivity index (χ1v) is 7.17. The highest BCUT2D eigenvalue weighted by Gasteiger charge is 2.10. The van der Waals surface area contributed by atoms with Crippen LogP contribution in [0.4, 0.5) is 0 Å². The van der Waals surface area contributed by atoms with E-state index in [1.165, 1.54) is 0 Å². The minimum atomic E-state index is -0.561. The average molecular weight is 358 g/mol. The van der Waals surface area contributed by atoms with E-state index in [9.17, 15) is 5.11 Å². The summed E-state index contributed by atoms with van der Waals surface area (Å²) in [5, 5.41) is 9.96. The van der Waals surface area contributed by atoms with Gasteiger partial charge in [-0.2, -0.15) is 0 Å². The van der Waals surface area contributed by atoms with Crippen LogP contribution >= 0.6 is 27.5 Å². The molecule has 0 aliphatic carbocycles. The summed E-state index contributed by atoms with van der Waals surface area (Å²) in [4.78, 5) is 0. The standard InChI is InChI=1S/C15H14BrClO3/c1-9(18)10-3-5-15(13(17)7-10)20-14-6-4-11(19-2)8-12(14)16/h3-9,18H,1-2H3. The molecule has 1 N–H and O–H groups in total. The lowest BCUT2D eigenvalue weighted by Gasteiger charge is -2.12. The minimum Gasteiger partial charge on any atom is -0.497 e. The van der Waals surface area contributed by atoms with Crippen LogP contribution in [0.3, 0.4) is 0 Å². The van der Waals surface area contributed by atoms with Crippen LogP contribution in [0.25, 0.3) is 0 Å². The Labute approximate surface area is 131 Å². The van der Waals surface area contributed by atoms with Gasteiger partial charge in [-0.3, -0.25) is 0 Å². The molecule has 0 heterocycles. The predicted octanol–water partition coefficient (Wildman–Crippen LogP) is 4.96. The number of hydrogen-bond donors (Lipinski definition) is 1. The van der Waals surface area contributed by atoms with Gasteiger partial charge in [0.05, 0.1) is 22.7 Å². The van der Waals surface area contributed by atoms with E-state index in [0.717, 1.165) is 15.8 Å². The van der Waals surface area contributed by atoms with Crippen molar-refractivity contribution in [2.45, 2.75) is 13.0 Å². The van der Waals surface area contributed by atoms with Crippen LogP contribution in [0.15, 0.2) is 40.9 Å². The highest BCUT2D eigenvalue weighted by atomic mass is 79.9. The molecule has 20 heavy (non-hydrogen) atoms. The highest BCUT2D eigenvalue weighted by Crippen LogP contribution is 2.36. The molecule has 0 spiro atoms. The summed E-state index contributed by atoms with van der Waals surface area (Å²) in [6.45, 7) is 1.69. The zero-order valence-corrected chi connectivity index (χ0v) is 13.4. The van der Waals surface area contributed by atoms with Crippen LogP contribution in [0.1, 0.15) is 18.6 Å². The van der Waals surface area contributed by atoms with Crippen molar-refractivity contribution in [3.63, 3.8) is 0 Å². The molecule has 1 unspecified atom stereocenters. The summed E-state index contributed by atoms with van der Waals surface area (Å²) in [7, 11) is 1.61. The average Bonchev–Trinajstić information content (AvgIpc) is 2.42. The van der Waals surface area contributed by atoms with E-state index in [0.29, 0.717) is 16.5 Å². The fraction of sp³-hybridized carbons (Fsp3) is 0.200. The number of ether oxygens (including phenoxy) is 2. The quantitative estimate of drug-likeness (QED) is 0.841. The van der Waals surface area contributed by atoms with E-state index in [4.69, 9.17) is 21.1 Å². The van der Waals surface area contributed by atoms with E-state index in [1.807, 2.05) is 6.07 Å². The van der Waals surface area contributed by atoms with Crippen molar-refractivity contribution in [1.82, 2.24) is 0 Å². The Kier molecular flexibility index (Phi) is 4.91. The maximum absolute atomic E-state index is 9.51. The van der Waals surface area contributed by atoms with E-state index < -0.39 is 6.10 Å². The van der Waals surface area contributed by atoms with Crippen LogP contribution in [-0.4, -0.2) is 12.2 Å². The van der Waals surface area contributed by atoms with E-state index in [1.54, 1.807) is 44.4 Å². The lowest BCUT2D eigenvalue weighted by molar-refractivity contribution is 0.199. The van der Waals surface area contributed by atoms with Crippen LogP contribution < -0.4 is 9.47 Å². The van der Waals surface area contributed by atoms with Crippen LogP contribution in [0.5, 0.6) is 17.2 Å². The lowest BCUT2D eigenvalue weighted by atomic mass is 10.1. The van der Waals surface area contributed by atoms with Gasteiger partial charge in [0, 0.05) is 0 Å². The zero-order valence-electron chi connectivity index (χ0n) is 11.1. The van der Waals surface area contributed by atoms with Gasteiger partial charge in [-0.05, 0) is 58.7 Å². The topological polar surface area (TPSA) is 38.7 Å².